The van der Waals surface area contributed by atoms with E-state index < -0.39 is 0 Å². The average molecular weight is 394 g/mol. The lowest BCUT2D eigenvalue weighted by atomic mass is 10.1. The third-order valence-electron chi connectivity index (χ3n) is 3.29. The lowest BCUT2D eigenvalue weighted by molar-refractivity contribution is -0.118. The number of ether oxygens (including phenoxy) is 1. The molecule has 0 spiro atoms. The van der Waals surface area contributed by atoms with Gasteiger partial charge in [0.25, 0.3) is 0 Å². The van der Waals surface area contributed by atoms with Gasteiger partial charge in [0.1, 0.15) is 5.75 Å². The Kier molecular flexibility index (Phi) is 7.49. The molecule has 0 heterocycles. The molecule has 0 aliphatic heterocycles. The van der Waals surface area contributed by atoms with E-state index in [9.17, 15) is 4.79 Å². The third kappa shape index (κ3) is 6.67. The van der Waals surface area contributed by atoms with Crippen LogP contribution in [0.4, 0.5) is 0 Å². The summed E-state index contributed by atoms with van der Waals surface area (Å²) in [5, 5.41) is 2.96. The van der Waals surface area contributed by atoms with Crippen molar-refractivity contribution in [3.8, 4) is 5.75 Å². The first kappa shape index (κ1) is 17.9. The minimum absolute atomic E-state index is 0.0820. The van der Waals surface area contributed by atoms with Crippen molar-refractivity contribution in [3.05, 3.63) is 64.1 Å². The number of nitrogens with one attached hydrogen (secondary N) is 1. The van der Waals surface area contributed by atoms with Crippen molar-refractivity contribution in [1.29, 1.82) is 0 Å². The molecule has 2 rings (SSSR count). The van der Waals surface area contributed by atoms with Gasteiger partial charge in [-0.05, 0) is 41.8 Å². The topological polar surface area (TPSA) is 38.3 Å². The summed E-state index contributed by atoms with van der Waals surface area (Å²) in [6, 6.07) is 16.1. The zero-order chi connectivity index (χ0) is 16.5. The normalized spacial score (nSPS) is 10.3. The fraction of sp³-hybridized carbons (Fsp3) is 0.278. The molecule has 0 bridgehead atoms. The molecule has 2 aromatic carbocycles. The van der Waals surface area contributed by atoms with Gasteiger partial charge >= 0.3 is 0 Å². The quantitative estimate of drug-likeness (QED) is 0.734. The summed E-state index contributed by atoms with van der Waals surface area (Å²) in [5.74, 6) is 2.25. The minimum atomic E-state index is 0.0820. The van der Waals surface area contributed by atoms with Gasteiger partial charge in [0.05, 0.1) is 12.9 Å². The number of hydrogen-bond donors (Lipinski definition) is 1. The molecule has 0 radical (unpaired) electrons. The first-order chi connectivity index (χ1) is 11.2. The van der Waals surface area contributed by atoms with Crippen molar-refractivity contribution in [1.82, 2.24) is 5.32 Å². The smallest absolute Gasteiger partial charge is 0.230 e. The van der Waals surface area contributed by atoms with E-state index in [0.717, 1.165) is 22.4 Å². The van der Waals surface area contributed by atoms with Crippen LogP contribution in [0.1, 0.15) is 11.1 Å². The van der Waals surface area contributed by atoms with E-state index in [1.165, 1.54) is 11.1 Å². The Hall–Kier alpha value is -1.46. The molecule has 2 aromatic rings. The predicted molar refractivity (Wildman–Crippen MR) is 100 cm³/mol. The van der Waals surface area contributed by atoms with Gasteiger partial charge in [-0.3, -0.25) is 4.79 Å². The minimum Gasteiger partial charge on any atom is -0.497 e. The number of hydrogen-bond acceptors (Lipinski definition) is 3. The lowest BCUT2D eigenvalue weighted by Gasteiger charge is -2.06. The highest BCUT2D eigenvalue weighted by molar-refractivity contribution is 9.10. The van der Waals surface area contributed by atoms with E-state index in [0.29, 0.717) is 12.3 Å². The molecule has 0 saturated heterocycles. The highest BCUT2D eigenvalue weighted by atomic mass is 79.9. The molecular formula is C18H20BrNO2S. The fourth-order valence-corrected chi connectivity index (χ4v) is 3.33. The summed E-state index contributed by atoms with van der Waals surface area (Å²) < 4.78 is 6.19. The van der Waals surface area contributed by atoms with E-state index in [1.807, 2.05) is 36.4 Å². The van der Waals surface area contributed by atoms with Gasteiger partial charge in [0.2, 0.25) is 5.91 Å². The number of amides is 1. The maximum atomic E-state index is 11.8. The number of benzene rings is 2. The van der Waals surface area contributed by atoms with Crippen LogP contribution >= 0.6 is 27.7 Å². The van der Waals surface area contributed by atoms with E-state index in [4.69, 9.17) is 4.74 Å². The number of rotatable bonds is 8. The number of carbonyl (C=O) groups is 1. The molecule has 0 atom stereocenters. The zero-order valence-corrected chi connectivity index (χ0v) is 15.5. The predicted octanol–water partition coefficient (Wildman–Crippen LogP) is 4.05. The Balaban J connectivity index is 1.63. The van der Waals surface area contributed by atoms with E-state index in [-0.39, 0.29) is 5.91 Å². The molecule has 122 valence electrons. The summed E-state index contributed by atoms with van der Waals surface area (Å²) in [7, 11) is 1.65. The van der Waals surface area contributed by atoms with Gasteiger partial charge in [0.15, 0.2) is 0 Å². The summed E-state index contributed by atoms with van der Waals surface area (Å²) >= 11 is 5.08. The Morgan fingerprint density at radius 3 is 2.65 bits per heavy atom. The molecule has 0 unspecified atom stereocenters. The highest BCUT2D eigenvalue weighted by Crippen LogP contribution is 2.17. The highest BCUT2D eigenvalue weighted by Gasteiger charge is 2.02. The van der Waals surface area contributed by atoms with Crippen molar-refractivity contribution in [2.24, 2.45) is 0 Å². The largest absolute Gasteiger partial charge is 0.497 e. The Morgan fingerprint density at radius 2 is 1.96 bits per heavy atom. The first-order valence-electron chi connectivity index (χ1n) is 7.39. The molecule has 0 fully saturated rings. The van der Waals surface area contributed by atoms with Gasteiger partial charge < -0.3 is 10.1 Å². The van der Waals surface area contributed by atoms with Crippen LogP contribution in [0.3, 0.4) is 0 Å². The molecule has 5 heteroatoms. The second-order valence-electron chi connectivity index (χ2n) is 5.07. The molecule has 1 N–H and O–H groups in total. The first-order valence-corrected chi connectivity index (χ1v) is 9.34. The van der Waals surface area contributed by atoms with E-state index >= 15 is 0 Å². The number of thioether (sulfide) groups is 1. The van der Waals surface area contributed by atoms with Crippen molar-refractivity contribution in [2.75, 3.05) is 19.4 Å². The van der Waals surface area contributed by atoms with Crippen LogP contribution in [-0.2, 0) is 17.0 Å². The second kappa shape index (κ2) is 9.63. The van der Waals surface area contributed by atoms with E-state index in [1.54, 1.807) is 18.9 Å². The van der Waals surface area contributed by atoms with Crippen molar-refractivity contribution in [3.63, 3.8) is 0 Å². The SMILES string of the molecule is COc1ccc(CCNC(=O)CSCc2cccc(Br)c2)cc1. The van der Waals surface area contributed by atoms with Crippen LogP contribution < -0.4 is 10.1 Å². The Morgan fingerprint density at radius 1 is 1.17 bits per heavy atom. The zero-order valence-electron chi connectivity index (χ0n) is 13.0. The van der Waals surface area contributed by atoms with Crippen molar-refractivity contribution >= 4 is 33.6 Å². The van der Waals surface area contributed by atoms with Crippen LogP contribution in [-0.4, -0.2) is 25.3 Å². The Labute approximate surface area is 149 Å². The summed E-state index contributed by atoms with van der Waals surface area (Å²) in [4.78, 5) is 11.8. The molecular weight excluding hydrogens is 374 g/mol. The molecule has 3 nitrogen and oxygen atoms in total. The number of halogens is 1. The van der Waals surface area contributed by atoms with Crippen LogP contribution in [0.25, 0.3) is 0 Å². The molecule has 23 heavy (non-hydrogen) atoms. The maximum absolute atomic E-state index is 11.8. The van der Waals surface area contributed by atoms with Gasteiger partial charge in [0, 0.05) is 16.8 Å². The standard InChI is InChI=1S/C18H20BrNO2S/c1-22-17-7-5-14(6-8-17)9-10-20-18(21)13-23-12-15-3-2-4-16(19)11-15/h2-8,11H,9-10,12-13H2,1H3,(H,20,21). The van der Waals surface area contributed by atoms with E-state index in [2.05, 4.69) is 33.4 Å². The molecule has 0 aliphatic carbocycles. The lowest BCUT2D eigenvalue weighted by Crippen LogP contribution is -2.27. The molecule has 0 aromatic heterocycles. The van der Waals surface area contributed by atoms with Crippen LogP contribution in [0, 0.1) is 0 Å². The third-order valence-corrected chi connectivity index (χ3v) is 4.78. The fourth-order valence-electron chi connectivity index (χ4n) is 2.08. The summed E-state index contributed by atoms with van der Waals surface area (Å²) in [6.45, 7) is 0.655. The van der Waals surface area contributed by atoms with Crippen LogP contribution in [0.5, 0.6) is 5.75 Å². The summed E-state index contributed by atoms with van der Waals surface area (Å²) in [6.07, 6.45) is 0.825. The van der Waals surface area contributed by atoms with Crippen LogP contribution in [0.15, 0.2) is 53.0 Å². The van der Waals surface area contributed by atoms with Gasteiger partial charge in [-0.15, -0.1) is 11.8 Å². The average Bonchev–Trinajstić information content (AvgIpc) is 2.55. The van der Waals surface area contributed by atoms with Crippen molar-refractivity contribution < 1.29 is 9.53 Å². The monoisotopic (exact) mass is 393 g/mol. The summed E-state index contributed by atoms with van der Waals surface area (Å²) in [5.41, 5.74) is 2.41. The van der Waals surface area contributed by atoms with Crippen molar-refractivity contribution in [2.45, 2.75) is 12.2 Å². The Bertz CT molecular complexity index is 631. The molecule has 0 aliphatic rings. The molecule has 0 saturated carbocycles. The maximum Gasteiger partial charge on any atom is 0.230 e. The van der Waals surface area contributed by atoms with Gasteiger partial charge in [-0.2, -0.15) is 0 Å². The number of carbonyl (C=O) groups excluding carboxylic acids is 1. The molecule has 1 amide bonds. The van der Waals surface area contributed by atoms with Gasteiger partial charge in [-0.1, -0.05) is 40.2 Å². The van der Waals surface area contributed by atoms with Crippen LogP contribution in [0.2, 0.25) is 0 Å². The van der Waals surface area contributed by atoms with Gasteiger partial charge in [-0.25, -0.2) is 0 Å². The number of methoxy groups -OCH3 is 1. The second-order valence-corrected chi connectivity index (χ2v) is 6.97.